The van der Waals surface area contributed by atoms with Crippen molar-refractivity contribution in [3.8, 4) is 21.8 Å². The van der Waals surface area contributed by atoms with Crippen LogP contribution in [-0.4, -0.2) is 36.2 Å². The number of nitrogens with one attached hydrogen (secondary N) is 1. The summed E-state index contributed by atoms with van der Waals surface area (Å²) in [5.41, 5.74) is 3.47. The first kappa shape index (κ1) is 26.8. The van der Waals surface area contributed by atoms with Crippen LogP contribution in [0, 0.1) is 0 Å². The van der Waals surface area contributed by atoms with Gasteiger partial charge in [0.2, 0.25) is 10.0 Å². The number of carbonyl (C=O) groups excluding carboxylic acids is 1. The van der Waals surface area contributed by atoms with Crippen molar-refractivity contribution in [3.05, 3.63) is 96.7 Å². The first-order valence-corrected chi connectivity index (χ1v) is 14.8. The Morgan fingerprint density at radius 3 is 2.44 bits per heavy atom. The van der Waals surface area contributed by atoms with Crippen LogP contribution in [0.15, 0.2) is 95.3 Å². The molecule has 1 N–H and O–H groups in total. The number of thiophene rings is 1. The van der Waals surface area contributed by atoms with Crippen molar-refractivity contribution < 1.29 is 17.9 Å². The predicted molar refractivity (Wildman–Crippen MR) is 155 cm³/mol. The summed E-state index contributed by atoms with van der Waals surface area (Å²) < 4.78 is 35.9. The Morgan fingerprint density at radius 2 is 1.72 bits per heavy atom. The van der Waals surface area contributed by atoms with Gasteiger partial charge >= 0.3 is 6.09 Å². The lowest BCUT2D eigenvalue weighted by atomic mass is 10.1. The maximum Gasteiger partial charge on any atom is 0.419 e. The van der Waals surface area contributed by atoms with Gasteiger partial charge in [-0.3, -0.25) is 4.98 Å². The van der Waals surface area contributed by atoms with Gasteiger partial charge in [0.05, 0.1) is 21.8 Å². The summed E-state index contributed by atoms with van der Waals surface area (Å²) in [5.74, 6) is 0. The zero-order chi connectivity index (χ0) is 27.6. The minimum absolute atomic E-state index is 0.258. The highest BCUT2D eigenvalue weighted by molar-refractivity contribution is 7.91. The quantitative estimate of drug-likeness (QED) is 0.239. The number of pyridine rings is 1. The molecule has 0 unspecified atom stereocenters. The predicted octanol–water partition coefficient (Wildman–Crippen LogP) is 6.74. The molecule has 0 aliphatic rings. The molecule has 0 bridgehead atoms. The second-order valence-corrected chi connectivity index (χ2v) is 13.2. The van der Waals surface area contributed by atoms with Crippen molar-refractivity contribution in [1.29, 1.82) is 0 Å². The summed E-state index contributed by atoms with van der Waals surface area (Å²) in [6, 6.07) is 26.4. The van der Waals surface area contributed by atoms with E-state index in [2.05, 4.69) is 9.71 Å². The maximum atomic E-state index is 13.1. The fourth-order valence-electron chi connectivity index (χ4n) is 4.23. The molecule has 9 heteroatoms. The van der Waals surface area contributed by atoms with E-state index < -0.39 is 21.7 Å². The summed E-state index contributed by atoms with van der Waals surface area (Å²) >= 11 is 1.19. The van der Waals surface area contributed by atoms with E-state index in [1.165, 1.54) is 11.3 Å². The average Bonchev–Trinajstić information content (AvgIpc) is 3.55. The van der Waals surface area contributed by atoms with E-state index in [9.17, 15) is 13.2 Å². The van der Waals surface area contributed by atoms with E-state index in [-0.39, 0.29) is 10.8 Å². The van der Waals surface area contributed by atoms with Crippen LogP contribution in [0.2, 0.25) is 0 Å². The number of benzene rings is 2. The number of aromatic nitrogens is 2. The van der Waals surface area contributed by atoms with Crippen LogP contribution in [0.3, 0.4) is 0 Å². The molecule has 0 spiro atoms. The molecule has 0 aliphatic heterocycles. The summed E-state index contributed by atoms with van der Waals surface area (Å²) in [6.07, 6.45) is 1.77. The number of carbonyl (C=O) groups is 1. The minimum atomic E-state index is -3.63. The van der Waals surface area contributed by atoms with Crippen molar-refractivity contribution >= 4 is 38.4 Å². The number of rotatable bonds is 7. The highest BCUT2D eigenvalue weighted by Gasteiger charge is 2.23. The minimum Gasteiger partial charge on any atom is -0.443 e. The van der Waals surface area contributed by atoms with Gasteiger partial charge in [0.15, 0.2) is 0 Å². The zero-order valence-electron chi connectivity index (χ0n) is 21.9. The third kappa shape index (κ3) is 6.11. The van der Waals surface area contributed by atoms with E-state index >= 15 is 0 Å². The lowest BCUT2D eigenvalue weighted by molar-refractivity contribution is 0.0547. The Morgan fingerprint density at radius 1 is 0.974 bits per heavy atom. The van der Waals surface area contributed by atoms with Crippen LogP contribution < -0.4 is 4.72 Å². The average molecular weight is 560 g/mol. The van der Waals surface area contributed by atoms with Gasteiger partial charge < -0.3 is 4.74 Å². The number of sulfonamides is 1. The van der Waals surface area contributed by atoms with Crippen LogP contribution in [-0.2, 0) is 21.2 Å². The molecule has 39 heavy (non-hydrogen) atoms. The van der Waals surface area contributed by atoms with Gasteiger partial charge in [-0.05, 0) is 74.7 Å². The highest BCUT2D eigenvalue weighted by atomic mass is 32.2. The summed E-state index contributed by atoms with van der Waals surface area (Å²) in [7, 11) is -3.63. The number of ether oxygens (including phenoxy) is 1. The number of hydrogen-bond donors (Lipinski definition) is 1. The molecular weight excluding hydrogens is 530 g/mol. The number of para-hydroxylation sites is 1. The Bertz CT molecular complexity index is 1720. The molecule has 7 nitrogen and oxygen atoms in total. The van der Waals surface area contributed by atoms with Crippen LogP contribution >= 0.6 is 11.3 Å². The van der Waals surface area contributed by atoms with E-state index in [1.54, 1.807) is 22.9 Å². The first-order valence-electron chi connectivity index (χ1n) is 12.5. The molecule has 3 heterocycles. The fraction of sp³-hybridized carbons (Fsp3) is 0.200. The smallest absolute Gasteiger partial charge is 0.419 e. The Labute approximate surface area is 232 Å². The molecule has 5 aromatic rings. The Balaban J connectivity index is 1.29. The summed E-state index contributed by atoms with van der Waals surface area (Å²) in [6.45, 7) is 5.79. The third-order valence-electron chi connectivity index (χ3n) is 6.01. The molecule has 0 fully saturated rings. The van der Waals surface area contributed by atoms with Crippen molar-refractivity contribution in [2.75, 3.05) is 6.54 Å². The van der Waals surface area contributed by atoms with Crippen LogP contribution in [0.5, 0.6) is 0 Å². The Hall–Kier alpha value is -3.79. The molecule has 0 amide bonds. The normalized spacial score (nSPS) is 12.1. The van der Waals surface area contributed by atoms with Gasteiger partial charge in [-0.15, -0.1) is 11.3 Å². The summed E-state index contributed by atoms with van der Waals surface area (Å²) in [4.78, 5) is 18.2. The van der Waals surface area contributed by atoms with Crippen LogP contribution in [0.25, 0.3) is 32.7 Å². The Kier molecular flexibility index (Phi) is 7.40. The van der Waals surface area contributed by atoms with E-state index in [4.69, 9.17) is 4.74 Å². The van der Waals surface area contributed by atoms with Crippen molar-refractivity contribution in [3.63, 3.8) is 0 Å². The molecular formula is C30H29N3O4S2. The van der Waals surface area contributed by atoms with Gasteiger partial charge in [0, 0.05) is 18.1 Å². The standard InChI is InChI=1S/C30H29N3O4S2/c1-30(2,3)37-29(34)33-25-10-5-4-8-23(25)20-26(33)22-13-11-21(12-14-22)17-19-32-39(35,36)28-16-15-27(38-28)24-9-6-7-18-31-24/h4-16,18,20,32H,17,19H2,1-3H3. The molecule has 5 rings (SSSR count). The molecule has 0 radical (unpaired) electrons. The van der Waals surface area contributed by atoms with Gasteiger partial charge in [-0.1, -0.05) is 48.5 Å². The number of hydrogen-bond acceptors (Lipinski definition) is 6. The van der Waals surface area contributed by atoms with Crippen molar-refractivity contribution in [1.82, 2.24) is 14.3 Å². The summed E-state index contributed by atoms with van der Waals surface area (Å²) in [5, 5.41) is 0.941. The maximum absolute atomic E-state index is 13.1. The van der Waals surface area contributed by atoms with Crippen molar-refractivity contribution in [2.24, 2.45) is 0 Å². The molecule has 200 valence electrons. The monoisotopic (exact) mass is 559 g/mol. The van der Waals surface area contributed by atoms with E-state index in [0.717, 1.165) is 38.3 Å². The van der Waals surface area contributed by atoms with E-state index in [0.29, 0.717) is 6.42 Å². The van der Waals surface area contributed by atoms with Gasteiger partial charge in [0.25, 0.3) is 0 Å². The second kappa shape index (κ2) is 10.8. The van der Waals surface area contributed by atoms with Crippen molar-refractivity contribution in [2.45, 2.75) is 37.0 Å². The lowest BCUT2D eigenvalue weighted by Gasteiger charge is -2.21. The van der Waals surface area contributed by atoms with Gasteiger partial charge in [-0.2, -0.15) is 0 Å². The molecule has 0 atom stereocenters. The molecule has 0 saturated heterocycles. The SMILES string of the molecule is CC(C)(C)OC(=O)n1c(-c2ccc(CCNS(=O)(=O)c3ccc(-c4ccccn4)s3)cc2)cc2ccccc21. The van der Waals surface area contributed by atoms with Crippen LogP contribution in [0.4, 0.5) is 4.79 Å². The van der Waals surface area contributed by atoms with E-state index in [1.807, 2.05) is 93.6 Å². The largest absolute Gasteiger partial charge is 0.443 e. The molecule has 2 aromatic carbocycles. The second-order valence-electron chi connectivity index (χ2n) is 10.1. The molecule has 0 saturated carbocycles. The van der Waals surface area contributed by atoms with Crippen LogP contribution in [0.1, 0.15) is 26.3 Å². The van der Waals surface area contributed by atoms with Gasteiger partial charge in [0.1, 0.15) is 9.81 Å². The zero-order valence-corrected chi connectivity index (χ0v) is 23.6. The first-order chi connectivity index (χ1) is 18.6. The molecule has 3 aromatic heterocycles. The third-order valence-corrected chi connectivity index (χ3v) is 9.07. The topological polar surface area (TPSA) is 90.3 Å². The lowest BCUT2D eigenvalue weighted by Crippen LogP contribution is -2.27. The number of fused-ring (bicyclic) bond motifs is 1. The fourth-order valence-corrected chi connectivity index (χ4v) is 6.58. The van der Waals surface area contributed by atoms with Gasteiger partial charge in [-0.25, -0.2) is 22.5 Å². The highest BCUT2D eigenvalue weighted by Crippen LogP contribution is 2.31. The molecule has 0 aliphatic carbocycles. The number of nitrogens with zero attached hydrogens (tertiary/aromatic N) is 2.